The number of aromatic carboxylic acids is 1. The number of carboxylic acid groups (broad SMARTS) is 1. The maximum Gasteiger partial charge on any atom is 0.338 e. The monoisotopic (exact) mass is 231 g/mol. The number of benzene rings is 1. The van der Waals surface area contributed by atoms with Crippen LogP contribution in [0.3, 0.4) is 0 Å². The number of hydrogen-bond acceptors (Lipinski definition) is 2. The molecule has 0 spiro atoms. The summed E-state index contributed by atoms with van der Waals surface area (Å²) in [6.07, 6.45) is 5.07. The predicted octanol–water partition coefficient (Wildman–Crippen LogP) is 2.80. The molecule has 2 N–H and O–H groups in total. The summed E-state index contributed by atoms with van der Waals surface area (Å²) in [6, 6.07) is 5.56. The normalized spacial score (nSPS) is 15.8. The van der Waals surface area contributed by atoms with Gasteiger partial charge in [0.15, 0.2) is 0 Å². The Morgan fingerprint density at radius 1 is 1.41 bits per heavy atom. The highest BCUT2D eigenvalue weighted by atomic mass is 16.5. The molecule has 3 rings (SSSR count). The summed E-state index contributed by atoms with van der Waals surface area (Å²) in [6.45, 7) is 0. The van der Waals surface area contributed by atoms with Gasteiger partial charge >= 0.3 is 5.97 Å². The van der Waals surface area contributed by atoms with Gasteiger partial charge in [0.2, 0.25) is 0 Å². The van der Waals surface area contributed by atoms with E-state index in [1.807, 2.05) is 18.2 Å². The van der Waals surface area contributed by atoms with E-state index in [2.05, 4.69) is 4.98 Å². The third kappa shape index (κ3) is 1.65. The number of aromatic nitrogens is 1. The molecule has 1 saturated carbocycles. The highest BCUT2D eigenvalue weighted by Gasteiger charge is 2.22. The second-order valence-electron chi connectivity index (χ2n) is 4.36. The number of fused-ring (bicyclic) bond motifs is 1. The van der Waals surface area contributed by atoms with Crippen LogP contribution in [-0.4, -0.2) is 22.2 Å². The van der Waals surface area contributed by atoms with E-state index in [9.17, 15) is 4.79 Å². The van der Waals surface area contributed by atoms with Crippen molar-refractivity contribution < 1.29 is 14.6 Å². The van der Waals surface area contributed by atoms with Crippen molar-refractivity contribution in [3.05, 3.63) is 30.0 Å². The molecule has 0 unspecified atom stereocenters. The fraction of sp³-hybridized carbons (Fsp3) is 0.308. The summed E-state index contributed by atoms with van der Waals surface area (Å²) in [5.41, 5.74) is 1.08. The lowest BCUT2D eigenvalue weighted by Crippen LogP contribution is -2.24. The maximum absolute atomic E-state index is 11.1. The molecule has 88 valence electrons. The van der Waals surface area contributed by atoms with Gasteiger partial charge in [0.1, 0.15) is 5.75 Å². The lowest BCUT2D eigenvalue weighted by molar-refractivity contribution is 0.0698. The number of rotatable bonds is 3. The van der Waals surface area contributed by atoms with E-state index < -0.39 is 5.97 Å². The zero-order valence-corrected chi connectivity index (χ0v) is 9.27. The van der Waals surface area contributed by atoms with Gasteiger partial charge in [-0.3, -0.25) is 0 Å². The lowest BCUT2D eigenvalue weighted by atomic mass is 9.96. The molecule has 1 aliphatic rings. The van der Waals surface area contributed by atoms with Crippen LogP contribution in [0, 0.1) is 0 Å². The standard InChI is InChI=1S/C13H13NO3/c15-13(16)9-7-14-10-5-2-6-11(12(9)10)17-8-3-1-4-8/h2,5-8,14H,1,3-4H2,(H,15,16). The van der Waals surface area contributed by atoms with Gasteiger partial charge < -0.3 is 14.8 Å². The number of aromatic amines is 1. The van der Waals surface area contributed by atoms with Crippen molar-refractivity contribution in [2.24, 2.45) is 0 Å². The first-order chi connectivity index (χ1) is 8.25. The first kappa shape index (κ1) is 10.2. The molecule has 0 radical (unpaired) electrons. The number of carboxylic acids is 1. The first-order valence-corrected chi connectivity index (χ1v) is 5.76. The van der Waals surface area contributed by atoms with E-state index in [0.717, 1.165) is 18.4 Å². The lowest BCUT2D eigenvalue weighted by Gasteiger charge is -2.26. The van der Waals surface area contributed by atoms with Gasteiger partial charge in [-0.25, -0.2) is 4.79 Å². The minimum atomic E-state index is -0.930. The Hall–Kier alpha value is -1.97. The van der Waals surface area contributed by atoms with E-state index in [-0.39, 0.29) is 11.7 Å². The number of ether oxygens (including phenoxy) is 1. The minimum absolute atomic E-state index is 0.247. The van der Waals surface area contributed by atoms with Crippen molar-refractivity contribution in [2.45, 2.75) is 25.4 Å². The Kier molecular flexibility index (Phi) is 2.28. The Bertz CT molecular complexity index is 569. The van der Waals surface area contributed by atoms with E-state index in [0.29, 0.717) is 11.1 Å². The van der Waals surface area contributed by atoms with E-state index in [1.54, 1.807) is 0 Å². The average Bonchev–Trinajstić information content (AvgIpc) is 2.67. The first-order valence-electron chi connectivity index (χ1n) is 5.76. The fourth-order valence-corrected chi connectivity index (χ4v) is 2.09. The second-order valence-corrected chi connectivity index (χ2v) is 4.36. The van der Waals surface area contributed by atoms with Crippen molar-refractivity contribution >= 4 is 16.9 Å². The molecule has 4 heteroatoms. The van der Waals surface area contributed by atoms with Crippen LogP contribution in [0.4, 0.5) is 0 Å². The molecule has 0 atom stereocenters. The van der Waals surface area contributed by atoms with Crippen LogP contribution >= 0.6 is 0 Å². The molecule has 1 aromatic heterocycles. The maximum atomic E-state index is 11.1. The number of H-pyrrole nitrogens is 1. The van der Waals surface area contributed by atoms with E-state index >= 15 is 0 Å². The van der Waals surface area contributed by atoms with Crippen LogP contribution in [-0.2, 0) is 0 Å². The molecule has 0 bridgehead atoms. The SMILES string of the molecule is O=C(O)c1c[nH]c2cccc(OC3CCC3)c12. The summed E-state index contributed by atoms with van der Waals surface area (Å²) in [7, 11) is 0. The minimum Gasteiger partial charge on any atom is -0.490 e. The number of hydrogen-bond donors (Lipinski definition) is 2. The quantitative estimate of drug-likeness (QED) is 0.853. The van der Waals surface area contributed by atoms with Gasteiger partial charge in [-0.1, -0.05) is 6.07 Å². The molecule has 1 fully saturated rings. The second kappa shape index (κ2) is 3.80. The summed E-state index contributed by atoms with van der Waals surface area (Å²) in [5, 5.41) is 9.80. The molecule has 17 heavy (non-hydrogen) atoms. The highest BCUT2D eigenvalue weighted by molar-refractivity contribution is 6.05. The summed E-state index contributed by atoms with van der Waals surface area (Å²) >= 11 is 0. The Balaban J connectivity index is 2.08. The van der Waals surface area contributed by atoms with Crippen LogP contribution in [0.5, 0.6) is 5.75 Å². The van der Waals surface area contributed by atoms with Gasteiger partial charge in [-0.05, 0) is 31.4 Å². The molecule has 1 heterocycles. The third-order valence-corrected chi connectivity index (χ3v) is 3.24. The molecule has 1 aliphatic carbocycles. The van der Waals surface area contributed by atoms with Gasteiger partial charge in [0, 0.05) is 6.20 Å². The molecular formula is C13H13NO3. The zero-order chi connectivity index (χ0) is 11.8. The van der Waals surface area contributed by atoms with Crippen LogP contribution in [0.15, 0.2) is 24.4 Å². The molecule has 4 nitrogen and oxygen atoms in total. The van der Waals surface area contributed by atoms with Crippen LogP contribution in [0.1, 0.15) is 29.6 Å². The van der Waals surface area contributed by atoms with Crippen molar-refractivity contribution in [1.29, 1.82) is 0 Å². The Morgan fingerprint density at radius 2 is 2.24 bits per heavy atom. The van der Waals surface area contributed by atoms with Crippen molar-refractivity contribution in [2.75, 3.05) is 0 Å². The molecular weight excluding hydrogens is 218 g/mol. The van der Waals surface area contributed by atoms with Crippen LogP contribution in [0.2, 0.25) is 0 Å². The summed E-state index contributed by atoms with van der Waals surface area (Å²) < 4.78 is 5.83. The van der Waals surface area contributed by atoms with Gasteiger partial charge in [-0.2, -0.15) is 0 Å². The molecule has 0 saturated heterocycles. The molecule has 1 aromatic carbocycles. The number of nitrogens with one attached hydrogen (secondary N) is 1. The van der Waals surface area contributed by atoms with Gasteiger partial charge in [0.25, 0.3) is 0 Å². The fourth-order valence-electron chi connectivity index (χ4n) is 2.09. The molecule has 2 aromatic rings. The van der Waals surface area contributed by atoms with Crippen molar-refractivity contribution in [3.8, 4) is 5.75 Å². The average molecular weight is 231 g/mol. The zero-order valence-electron chi connectivity index (χ0n) is 9.27. The van der Waals surface area contributed by atoms with Gasteiger partial charge in [-0.15, -0.1) is 0 Å². The Morgan fingerprint density at radius 3 is 2.88 bits per heavy atom. The summed E-state index contributed by atoms with van der Waals surface area (Å²) in [5.74, 6) is -0.258. The summed E-state index contributed by atoms with van der Waals surface area (Å²) in [4.78, 5) is 14.1. The highest BCUT2D eigenvalue weighted by Crippen LogP contribution is 2.32. The van der Waals surface area contributed by atoms with Crippen LogP contribution < -0.4 is 4.74 Å². The van der Waals surface area contributed by atoms with E-state index in [4.69, 9.17) is 9.84 Å². The Labute approximate surface area is 98.2 Å². The van der Waals surface area contributed by atoms with Gasteiger partial charge in [0.05, 0.1) is 22.6 Å². The number of carbonyl (C=O) groups is 1. The molecule has 0 aliphatic heterocycles. The molecule has 0 amide bonds. The van der Waals surface area contributed by atoms with E-state index in [1.165, 1.54) is 12.6 Å². The van der Waals surface area contributed by atoms with Crippen molar-refractivity contribution in [3.63, 3.8) is 0 Å². The predicted molar refractivity (Wildman–Crippen MR) is 63.5 cm³/mol. The largest absolute Gasteiger partial charge is 0.490 e. The smallest absolute Gasteiger partial charge is 0.338 e. The van der Waals surface area contributed by atoms with Crippen LogP contribution in [0.25, 0.3) is 10.9 Å². The third-order valence-electron chi connectivity index (χ3n) is 3.24. The topological polar surface area (TPSA) is 62.3 Å². The van der Waals surface area contributed by atoms with Crippen molar-refractivity contribution in [1.82, 2.24) is 4.98 Å².